The Hall–Kier alpha value is -7.23. The molecule has 0 radical (unpaired) electrons. The van der Waals surface area contributed by atoms with E-state index in [0.29, 0.717) is 17.5 Å². The summed E-state index contributed by atoms with van der Waals surface area (Å²) in [5.74, 6) is 1.90. The van der Waals surface area contributed by atoms with Gasteiger partial charge in [0.05, 0.1) is 0 Å². The first-order valence-corrected chi connectivity index (χ1v) is 18.2. The molecule has 1 aromatic heterocycles. The molecule has 0 unspecified atom stereocenters. The fourth-order valence-corrected chi connectivity index (χ4v) is 6.96. The topological polar surface area (TPSA) is 38.7 Å². The fraction of sp³-hybridized carbons (Fsp3) is 0. The zero-order valence-electron chi connectivity index (χ0n) is 29.5. The highest BCUT2D eigenvalue weighted by molar-refractivity contribution is 5.87. The molecule has 9 rings (SSSR count). The fourth-order valence-electron chi connectivity index (χ4n) is 6.96. The number of hydrogen-bond acceptors (Lipinski definition) is 3. The van der Waals surface area contributed by atoms with E-state index in [9.17, 15) is 0 Å². The van der Waals surface area contributed by atoms with Gasteiger partial charge in [0.25, 0.3) is 0 Å². The first kappa shape index (κ1) is 32.7. The molecule has 0 saturated heterocycles. The lowest BCUT2D eigenvalue weighted by atomic mass is 9.91. The summed E-state index contributed by atoms with van der Waals surface area (Å²) in [7, 11) is 0. The second-order valence-corrected chi connectivity index (χ2v) is 13.3. The molecule has 3 heteroatoms. The zero-order valence-corrected chi connectivity index (χ0v) is 29.5. The van der Waals surface area contributed by atoms with Crippen LogP contribution in [-0.4, -0.2) is 15.0 Å². The van der Waals surface area contributed by atoms with E-state index in [1.807, 2.05) is 36.4 Å². The van der Waals surface area contributed by atoms with Crippen molar-refractivity contribution in [3.8, 4) is 89.8 Å². The lowest BCUT2D eigenvalue weighted by molar-refractivity contribution is 1.07. The molecular weight excluding hydrogens is 655 g/mol. The van der Waals surface area contributed by atoms with Crippen molar-refractivity contribution in [2.45, 2.75) is 0 Å². The van der Waals surface area contributed by atoms with E-state index >= 15 is 0 Å². The lowest BCUT2D eigenvalue weighted by Gasteiger charge is -2.14. The van der Waals surface area contributed by atoms with Crippen LogP contribution >= 0.6 is 0 Å². The molecule has 0 aliphatic carbocycles. The first-order chi connectivity index (χ1) is 26.7. The monoisotopic (exact) mass is 689 g/mol. The Kier molecular flexibility index (Phi) is 8.94. The van der Waals surface area contributed by atoms with Gasteiger partial charge < -0.3 is 0 Å². The highest BCUT2D eigenvalue weighted by Gasteiger charge is 2.16. The molecule has 0 aliphatic heterocycles. The molecule has 8 aromatic carbocycles. The van der Waals surface area contributed by atoms with Crippen LogP contribution < -0.4 is 0 Å². The minimum Gasteiger partial charge on any atom is -0.208 e. The molecule has 0 amide bonds. The Bertz CT molecular complexity index is 2670. The Labute approximate surface area is 316 Å². The summed E-state index contributed by atoms with van der Waals surface area (Å²) < 4.78 is 0. The minimum atomic E-state index is 0.626. The zero-order chi connectivity index (χ0) is 36.1. The highest BCUT2D eigenvalue weighted by Crippen LogP contribution is 2.37. The van der Waals surface area contributed by atoms with E-state index in [1.54, 1.807) is 0 Å². The Balaban J connectivity index is 1.13. The van der Waals surface area contributed by atoms with E-state index in [0.717, 1.165) is 50.1 Å². The maximum absolute atomic E-state index is 5.12. The molecule has 0 N–H and O–H groups in total. The van der Waals surface area contributed by atoms with E-state index in [1.165, 1.54) is 22.3 Å². The molecule has 1 heterocycles. The van der Waals surface area contributed by atoms with Gasteiger partial charge in [-0.3, -0.25) is 0 Å². The van der Waals surface area contributed by atoms with Crippen molar-refractivity contribution in [3.05, 3.63) is 212 Å². The van der Waals surface area contributed by atoms with Crippen molar-refractivity contribution >= 4 is 0 Å². The molecule has 0 saturated carbocycles. The average molecular weight is 690 g/mol. The first-order valence-electron chi connectivity index (χ1n) is 18.2. The van der Waals surface area contributed by atoms with Gasteiger partial charge in [-0.05, 0) is 73.8 Å². The average Bonchev–Trinajstić information content (AvgIpc) is 3.27. The van der Waals surface area contributed by atoms with Crippen molar-refractivity contribution in [2.75, 3.05) is 0 Å². The lowest BCUT2D eigenvalue weighted by Crippen LogP contribution is -2.00. The predicted octanol–water partition coefficient (Wildman–Crippen LogP) is 13.2. The molecule has 3 nitrogen and oxygen atoms in total. The quantitative estimate of drug-likeness (QED) is 0.159. The van der Waals surface area contributed by atoms with Crippen molar-refractivity contribution < 1.29 is 0 Å². The van der Waals surface area contributed by atoms with Gasteiger partial charge in [-0.2, -0.15) is 0 Å². The van der Waals surface area contributed by atoms with Gasteiger partial charge in [-0.25, -0.2) is 15.0 Å². The van der Waals surface area contributed by atoms with E-state index in [-0.39, 0.29) is 0 Å². The molecule has 0 atom stereocenters. The van der Waals surface area contributed by atoms with Crippen molar-refractivity contribution in [1.29, 1.82) is 0 Å². The normalized spacial score (nSPS) is 11.0. The molecule has 0 bridgehead atoms. The number of benzene rings is 8. The maximum Gasteiger partial charge on any atom is 0.164 e. The van der Waals surface area contributed by atoms with Crippen LogP contribution in [-0.2, 0) is 0 Å². The molecule has 9 aromatic rings. The third-order valence-electron chi connectivity index (χ3n) is 9.76. The van der Waals surface area contributed by atoms with E-state index < -0.39 is 0 Å². The standard InChI is InChI=1S/C51H35N3/c1-5-15-36(16-6-1)42-23-13-24-43(33-42)38-27-29-40(30-28-38)47-32-31-46(35-48(47)39-19-9-3-10-20-39)51-53-49(41-21-11-4-12-22-41)52-50(54-51)45-26-14-25-44(34-45)37-17-7-2-8-18-37/h1-35H. The van der Waals surface area contributed by atoms with Crippen molar-refractivity contribution in [3.63, 3.8) is 0 Å². The van der Waals surface area contributed by atoms with Crippen LogP contribution in [0.25, 0.3) is 89.8 Å². The van der Waals surface area contributed by atoms with Gasteiger partial charge in [0.2, 0.25) is 0 Å². The Morgan fingerprint density at radius 2 is 0.500 bits per heavy atom. The van der Waals surface area contributed by atoms with E-state index in [2.05, 4.69) is 176 Å². The van der Waals surface area contributed by atoms with E-state index in [4.69, 9.17) is 15.0 Å². The maximum atomic E-state index is 5.12. The van der Waals surface area contributed by atoms with Gasteiger partial charge in [0, 0.05) is 16.7 Å². The summed E-state index contributed by atoms with van der Waals surface area (Å²) in [6.45, 7) is 0. The molecule has 0 spiro atoms. The Morgan fingerprint density at radius 1 is 0.185 bits per heavy atom. The second-order valence-electron chi connectivity index (χ2n) is 13.3. The largest absolute Gasteiger partial charge is 0.208 e. The van der Waals surface area contributed by atoms with Gasteiger partial charge in [0.1, 0.15) is 0 Å². The molecule has 0 aliphatic rings. The number of aromatic nitrogens is 3. The molecular formula is C51H35N3. The van der Waals surface area contributed by atoms with Gasteiger partial charge in [-0.15, -0.1) is 0 Å². The van der Waals surface area contributed by atoms with Crippen LogP contribution in [0.2, 0.25) is 0 Å². The van der Waals surface area contributed by atoms with Crippen LogP contribution in [0.4, 0.5) is 0 Å². The number of rotatable bonds is 8. The summed E-state index contributed by atoms with van der Waals surface area (Å²) in [6.07, 6.45) is 0. The smallest absolute Gasteiger partial charge is 0.164 e. The van der Waals surface area contributed by atoms with Gasteiger partial charge in [0.15, 0.2) is 17.5 Å². The summed E-state index contributed by atoms with van der Waals surface area (Å²) in [5.41, 5.74) is 14.4. The van der Waals surface area contributed by atoms with Gasteiger partial charge >= 0.3 is 0 Å². The third-order valence-corrected chi connectivity index (χ3v) is 9.76. The summed E-state index contributed by atoms with van der Waals surface area (Å²) in [4.78, 5) is 15.2. The van der Waals surface area contributed by atoms with Crippen LogP contribution in [0, 0.1) is 0 Å². The number of nitrogens with zero attached hydrogens (tertiary/aromatic N) is 3. The summed E-state index contributed by atoms with van der Waals surface area (Å²) in [6, 6.07) is 74.2. The van der Waals surface area contributed by atoms with Crippen LogP contribution in [0.1, 0.15) is 0 Å². The van der Waals surface area contributed by atoms with Crippen molar-refractivity contribution in [2.24, 2.45) is 0 Å². The summed E-state index contributed by atoms with van der Waals surface area (Å²) >= 11 is 0. The van der Waals surface area contributed by atoms with Crippen LogP contribution in [0.5, 0.6) is 0 Å². The second kappa shape index (κ2) is 14.8. The molecule has 254 valence electrons. The minimum absolute atomic E-state index is 0.626. The SMILES string of the molecule is c1ccc(-c2cccc(-c3ccc(-c4ccc(-c5nc(-c6ccccc6)nc(-c6cccc(-c7ccccc7)c6)n5)cc4-c4ccccc4)cc3)c2)cc1. The predicted molar refractivity (Wildman–Crippen MR) is 223 cm³/mol. The van der Waals surface area contributed by atoms with Crippen LogP contribution in [0.3, 0.4) is 0 Å². The summed E-state index contributed by atoms with van der Waals surface area (Å²) in [5, 5.41) is 0. The molecule has 0 fully saturated rings. The van der Waals surface area contributed by atoms with Gasteiger partial charge in [-0.1, -0.05) is 194 Å². The molecule has 54 heavy (non-hydrogen) atoms. The van der Waals surface area contributed by atoms with Crippen LogP contribution in [0.15, 0.2) is 212 Å². The van der Waals surface area contributed by atoms with Crippen molar-refractivity contribution in [1.82, 2.24) is 15.0 Å². The Morgan fingerprint density at radius 3 is 1.02 bits per heavy atom. The highest BCUT2D eigenvalue weighted by atomic mass is 15.0. The number of hydrogen-bond donors (Lipinski definition) is 0. The third kappa shape index (κ3) is 6.87.